The molecule has 1 aliphatic rings. The summed E-state index contributed by atoms with van der Waals surface area (Å²) in [5, 5.41) is 0. The van der Waals surface area contributed by atoms with Crippen molar-refractivity contribution >= 4 is 5.69 Å². The summed E-state index contributed by atoms with van der Waals surface area (Å²) in [4.78, 5) is 2.25. The van der Waals surface area contributed by atoms with Crippen LogP contribution < -0.4 is 15.2 Å². The number of hydrogen-bond donors (Lipinski definition) is 1. The predicted octanol–water partition coefficient (Wildman–Crippen LogP) is 2.87. The van der Waals surface area contributed by atoms with Crippen LogP contribution in [0.3, 0.4) is 0 Å². The Hall–Kier alpha value is -1.63. The molecule has 0 spiro atoms. The van der Waals surface area contributed by atoms with E-state index in [1.807, 2.05) is 0 Å². The molecular formula is C14H19F3N2O2. The maximum absolute atomic E-state index is 13.4. The summed E-state index contributed by atoms with van der Waals surface area (Å²) in [5.74, 6) is -1.34. The van der Waals surface area contributed by atoms with Gasteiger partial charge in [-0.05, 0) is 32.9 Å². The van der Waals surface area contributed by atoms with Crippen LogP contribution >= 0.6 is 0 Å². The first-order valence-electron chi connectivity index (χ1n) is 6.84. The summed E-state index contributed by atoms with van der Waals surface area (Å²) in [7, 11) is 2.05. The van der Waals surface area contributed by atoms with Crippen LogP contribution in [0.2, 0.25) is 0 Å². The van der Waals surface area contributed by atoms with E-state index in [-0.39, 0.29) is 11.4 Å². The summed E-state index contributed by atoms with van der Waals surface area (Å²) in [6, 6.07) is 2.44. The number of halogens is 3. The van der Waals surface area contributed by atoms with Gasteiger partial charge in [0, 0.05) is 18.2 Å². The number of nitrogens with two attached hydrogens (primary N) is 1. The second kappa shape index (κ2) is 6.89. The number of hydrogen-bond acceptors (Lipinski definition) is 4. The minimum Gasteiger partial charge on any atom is -0.491 e. The van der Waals surface area contributed by atoms with Crippen LogP contribution in [0.15, 0.2) is 12.1 Å². The lowest BCUT2D eigenvalue weighted by Gasteiger charge is -2.19. The van der Waals surface area contributed by atoms with Crippen molar-refractivity contribution in [1.29, 1.82) is 0 Å². The Morgan fingerprint density at radius 3 is 2.76 bits per heavy atom. The van der Waals surface area contributed by atoms with Crippen LogP contribution in [-0.2, 0) is 0 Å². The van der Waals surface area contributed by atoms with E-state index in [1.54, 1.807) is 0 Å². The van der Waals surface area contributed by atoms with Crippen LogP contribution in [0.4, 0.5) is 18.9 Å². The van der Waals surface area contributed by atoms with Gasteiger partial charge in [-0.25, -0.2) is 4.39 Å². The summed E-state index contributed by atoms with van der Waals surface area (Å²) in [6.07, 6.45) is 3.07. The molecule has 1 unspecified atom stereocenters. The van der Waals surface area contributed by atoms with Crippen LogP contribution in [0.1, 0.15) is 19.3 Å². The maximum Gasteiger partial charge on any atom is 0.387 e. The Labute approximate surface area is 121 Å². The lowest BCUT2D eigenvalue weighted by Crippen LogP contribution is -2.26. The van der Waals surface area contributed by atoms with Gasteiger partial charge in [0.1, 0.15) is 5.75 Å². The Morgan fingerprint density at radius 1 is 1.38 bits per heavy atom. The summed E-state index contributed by atoms with van der Waals surface area (Å²) >= 11 is 0. The van der Waals surface area contributed by atoms with Crippen molar-refractivity contribution in [2.75, 3.05) is 25.9 Å². The van der Waals surface area contributed by atoms with Gasteiger partial charge in [0.25, 0.3) is 0 Å². The van der Waals surface area contributed by atoms with E-state index in [9.17, 15) is 13.2 Å². The van der Waals surface area contributed by atoms with Crippen molar-refractivity contribution < 1.29 is 22.6 Å². The SMILES string of the molecule is CN1CCCC1CCOc1cc(OC(F)F)c(F)cc1N. The Bertz CT molecular complexity index is 486. The van der Waals surface area contributed by atoms with Crippen LogP contribution in [0, 0.1) is 5.82 Å². The molecule has 1 fully saturated rings. The smallest absolute Gasteiger partial charge is 0.387 e. The lowest BCUT2D eigenvalue weighted by atomic mass is 10.1. The van der Waals surface area contributed by atoms with E-state index in [2.05, 4.69) is 16.7 Å². The van der Waals surface area contributed by atoms with E-state index in [1.165, 1.54) is 0 Å². The molecule has 1 aromatic carbocycles. The maximum atomic E-state index is 13.4. The molecule has 21 heavy (non-hydrogen) atoms. The fourth-order valence-corrected chi connectivity index (χ4v) is 2.51. The molecule has 1 heterocycles. The molecule has 1 saturated heterocycles. The van der Waals surface area contributed by atoms with Crippen LogP contribution in [0.25, 0.3) is 0 Å². The number of ether oxygens (including phenoxy) is 2. The first-order chi connectivity index (χ1) is 9.97. The number of nitrogens with zero attached hydrogens (tertiary/aromatic N) is 1. The van der Waals surface area contributed by atoms with Crippen molar-refractivity contribution in [2.24, 2.45) is 0 Å². The van der Waals surface area contributed by atoms with E-state index in [0.29, 0.717) is 12.6 Å². The molecule has 2 N–H and O–H groups in total. The van der Waals surface area contributed by atoms with E-state index >= 15 is 0 Å². The third-order valence-electron chi connectivity index (χ3n) is 3.66. The van der Waals surface area contributed by atoms with Gasteiger partial charge >= 0.3 is 6.61 Å². The predicted molar refractivity (Wildman–Crippen MR) is 73.2 cm³/mol. The number of benzene rings is 1. The number of anilines is 1. The number of nitrogen functional groups attached to an aromatic ring is 1. The highest BCUT2D eigenvalue weighted by Gasteiger charge is 2.21. The molecule has 1 atom stereocenters. The van der Waals surface area contributed by atoms with Gasteiger partial charge in [0.05, 0.1) is 12.3 Å². The average molecular weight is 304 g/mol. The fraction of sp³-hybridized carbons (Fsp3) is 0.571. The van der Waals surface area contributed by atoms with Gasteiger partial charge in [0.2, 0.25) is 0 Å². The second-order valence-corrected chi connectivity index (χ2v) is 5.11. The lowest BCUT2D eigenvalue weighted by molar-refractivity contribution is -0.0522. The normalized spacial score (nSPS) is 19.2. The zero-order valence-electron chi connectivity index (χ0n) is 11.8. The van der Waals surface area contributed by atoms with E-state index in [4.69, 9.17) is 10.5 Å². The zero-order chi connectivity index (χ0) is 15.4. The molecule has 2 rings (SSSR count). The van der Waals surface area contributed by atoms with Crippen molar-refractivity contribution in [2.45, 2.75) is 31.9 Å². The summed E-state index contributed by atoms with van der Waals surface area (Å²) in [6.45, 7) is -1.64. The fourth-order valence-electron chi connectivity index (χ4n) is 2.51. The Morgan fingerprint density at radius 2 is 2.14 bits per heavy atom. The first kappa shape index (κ1) is 15.8. The van der Waals surface area contributed by atoms with Crippen molar-refractivity contribution in [3.8, 4) is 11.5 Å². The minimum absolute atomic E-state index is 0.0638. The standard InChI is InChI=1S/C14H19F3N2O2/c1-19-5-2-3-9(19)4-6-20-13-8-12(21-14(16)17)10(15)7-11(13)18/h7-9,14H,2-6,18H2,1H3. The van der Waals surface area contributed by atoms with Gasteiger partial charge < -0.3 is 20.1 Å². The molecule has 0 radical (unpaired) electrons. The monoisotopic (exact) mass is 304 g/mol. The minimum atomic E-state index is -3.09. The highest BCUT2D eigenvalue weighted by atomic mass is 19.3. The molecule has 0 aromatic heterocycles. The molecular weight excluding hydrogens is 285 g/mol. The topological polar surface area (TPSA) is 47.7 Å². The average Bonchev–Trinajstić information content (AvgIpc) is 2.80. The van der Waals surface area contributed by atoms with Crippen molar-refractivity contribution in [3.05, 3.63) is 17.9 Å². The van der Waals surface area contributed by atoms with Crippen LogP contribution in [0.5, 0.6) is 11.5 Å². The molecule has 4 nitrogen and oxygen atoms in total. The zero-order valence-corrected chi connectivity index (χ0v) is 11.8. The molecule has 118 valence electrons. The number of rotatable bonds is 6. The van der Waals surface area contributed by atoms with E-state index in [0.717, 1.165) is 37.9 Å². The molecule has 0 saturated carbocycles. The van der Waals surface area contributed by atoms with Crippen molar-refractivity contribution in [1.82, 2.24) is 4.90 Å². The van der Waals surface area contributed by atoms with Gasteiger partial charge in [-0.15, -0.1) is 0 Å². The summed E-state index contributed by atoms with van der Waals surface area (Å²) < 4.78 is 47.3. The highest BCUT2D eigenvalue weighted by Crippen LogP contribution is 2.31. The van der Waals surface area contributed by atoms with Gasteiger partial charge in [-0.1, -0.05) is 0 Å². The van der Waals surface area contributed by atoms with Gasteiger partial charge in [-0.2, -0.15) is 8.78 Å². The molecule has 0 bridgehead atoms. The largest absolute Gasteiger partial charge is 0.491 e. The molecule has 0 aliphatic carbocycles. The highest BCUT2D eigenvalue weighted by molar-refractivity contribution is 5.56. The van der Waals surface area contributed by atoms with Crippen LogP contribution in [-0.4, -0.2) is 37.8 Å². The molecule has 1 aromatic rings. The van der Waals surface area contributed by atoms with Gasteiger partial charge in [0.15, 0.2) is 11.6 Å². The Kier molecular flexibility index (Phi) is 5.17. The number of alkyl halides is 2. The number of likely N-dealkylation sites (tertiary alicyclic amines) is 1. The third-order valence-corrected chi connectivity index (χ3v) is 3.66. The molecule has 1 aliphatic heterocycles. The summed E-state index contributed by atoms with van der Waals surface area (Å²) in [5.41, 5.74) is 5.69. The third kappa shape index (κ3) is 4.17. The second-order valence-electron chi connectivity index (χ2n) is 5.11. The molecule has 7 heteroatoms. The first-order valence-corrected chi connectivity index (χ1v) is 6.84. The molecule has 0 amide bonds. The van der Waals surface area contributed by atoms with Gasteiger partial charge in [-0.3, -0.25) is 0 Å². The Balaban J connectivity index is 1.95. The van der Waals surface area contributed by atoms with E-state index < -0.39 is 18.2 Å². The quantitative estimate of drug-likeness (QED) is 0.821. The van der Waals surface area contributed by atoms with Crippen molar-refractivity contribution in [3.63, 3.8) is 0 Å².